The number of ether oxygens (including phenoxy) is 1. The Morgan fingerprint density at radius 1 is 1.05 bits per heavy atom. The molecule has 0 aromatic carbocycles. The number of carbonyl (C=O) groups excluding carboxylic acids is 1. The van der Waals surface area contributed by atoms with Crippen LogP contribution in [0.25, 0.3) is 0 Å². The molecular weight excluding hydrogens is 280 g/mol. The van der Waals surface area contributed by atoms with Crippen LogP contribution in [0.5, 0.6) is 0 Å². The molecule has 0 aliphatic carbocycles. The maximum absolute atomic E-state index is 10.7. The van der Waals surface area contributed by atoms with Crippen molar-refractivity contribution in [2.45, 2.75) is 72.1 Å². The molecule has 0 heterocycles. The number of rotatable bonds is 11. The predicted molar refractivity (Wildman–Crippen MR) is 90.8 cm³/mol. The standard InChI is InChI=1S/C11H20O2.C7H12O2/c1-3-5-6-7-9-10(8-4-2)11(12)13;1-3-5-6-9-7(8)4-2/h8H,3-7,9H2,1-2H3,(H,12,13);4H,2-3,5-6H2,1H3. The molecule has 0 amide bonds. The Morgan fingerprint density at radius 3 is 2.14 bits per heavy atom. The molecule has 0 aliphatic heterocycles. The summed E-state index contributed by atoms with van der Waals surface area (Å²) in [5.41, 5.74) is 0.582. The normalized spacial score (nSPS) is 10.4. The molecule has 0 saturated heterocycles. The molecule has 0 unspecified atom stereocenters. The summed E-state index contributed by atoms with van der Waals surface area (Å²) < 4.78 is 4.67. The molecule has 4 heteroatoms. The zero-order valence-electron chi connectivity index (χ0n) is 14.4. The molecular formula is C18H32O4. The van der Waals surface area contributed by atoms with E-state index in [1.807, 2.05) is 19.9 Å². The van der Waals surface area contributed by atoms with Crippen molar-refractivity contribution in [3.05, 3.63) is 24.3 Å². The molecule has 0 aliphatic rings. The molecule has 128 valence electrons. The van der Waals surface area contributed by atoms with Crippen molar-refractivity contribution >= 4 is 11.9 Å². The molecule has 0 bridgehead atoms. The van der Waals surface area contributed by atoms with Crippen LogP contribution in [0.15, 0.2) is 24.3 Å². The van der Waals surface area contributed by atoms with Gasteiger partial charge in [0.25, 0.3) is 0 Å². The van der Waals surface area contributed by atoms with Crippen molar-refractivity contribution in [3.63, 3.8) is 0 Å². The first-order valence-corrected chi connectivity index (χ1v) is 8.24. The van der Waals surface area contributed by atoms with Crippen molar-refractivity contribution in [2.24, 2.45) is 0 Å². The number of hydrogen-bond acceptors (Lipinski definition) is 3. The lowest BCUT2D eigenvalue weighted by Gasteiger charge is -2.01. The van der Waals surface area contributed by atoms with Crippen molar-refractivity contribution in [2.75, 3.05) is 6.61 Å². The first-order valence-electron chi connectivity index (χ1n) is 8.24. The summed E-state index contributed by atoms with van der Waals surface area (Å²) in [6.45, 7) is 9.94. The maximum Gasteiger partial charge on any atom is 0.331 e. The van der Waals surface area contributed by atoms with Gasteiger partial charge >= 0.3 is 11.9 Å². The quantitative estimate of drug-likeness (QED) is 0.335. The van der Waals surface area contributed by atoms with Gasteiger partial charge in [-0.25, -0.2) is 9.59 Å². The van der Waals surface area contributed by atoms with Crippen LogP contribution < -0.4 is 0 Å². The molecule has 0 fully saturated rings. The zero-order valence-corrected chi connectivity index (χ0v) is 14.4. The average molecular weight is 312 g/mol. The minimum Gasteiger partial charge on any atom is -0.478 e. The van der Waals surface area contributed by atoms with E-state index in [1.54, 1.807) is 0 Å². The van der Waals surface area contributed by atoms with Crippen LogP contribution in [-0.4, -0.2) is 23.7 Å². The summed E-state index contributed by atoms with van der Waals surface area (Å²) in [7, 11) is 0. The number of aliphatic carboxylic acids is 1. The lowest BCUT2D eigenvalue weighted by Crippen LogP contribution is -2.00. The Labute approximate surface area is 135 Å². The summed E-state index contributed by atoms with van der Waals surface area (Å²) in [6.07, 6.45) is 11.1. The van der Waals surface area contributed by atoms with Gasteiger partial charge in [-0.2, -0.15) is 0 Å². The summed E-state index contributed by atoms with van der Waals surface area (Å²) in [5, 5.41) is 8.79. The van der Waals surface area contributed by atoms with Gasteiger partial charge in [0.2, 0.25) is 0 Å². The summed E-state index contributed by atoms with van der Waals surface area (Å²) in [6, 6.07) is 0. The Balaban J connectivity index is 0. The molecule has 0 aromatic rings. The van der Waals surface area contributed by atoms with Gasteiger partial charge in [0.1, 0.15) is 0 Å². The molecule has 0 spiro atoms. The van der Waals surface area contributed by atoms with E-state index in [0.29, 0.717) is 12.2 Å². The highest BCUT2D eigenvalue weighted by Gasteiger charge is 2.04. The van der Waals surface area contributed by atoms with E-state index in [1.165, 1.54) is 18.9 Å². The van der Waals surface area contributed by atoms with Crippen molar-refractivity contribution < 1.29 is 19.4 Å². The molecule has 1 N–H and O–H groups in total. The van der Waals surface area contributed by atoms with Gasteiger partial charge in [0.05, 0.1) is 6.61 Å². The van der Waals surface area contributed by atoms with E-state index in [0.717, 1.165) is 38.5 Å². The smallest absolute Gasteiger partial charge is 0.331 e. The van der Waals surface area contributed by atoms with Crippen LogP contribution in [0.2, 0.25) is 0 Å². The third kappa shape index (κ3) is 16.5. The molecule has 22 heavy (non-hydrogen) atoms. The minimum atomic E-state index is -0.752. The third-order valence-electron chi connectivity index (χ3n) is 2.93. The first kappa shape index (κ1) is 22.7. The average Bonchev–Trinajstić information content (AvgIpc) is 2.51. The highest BCUT2D eigenvalue weighted by atomic mass is 16.5. The fourth-order valence-electron chi connectivity index (χ4n) is 1.66. The highest BCUT2D eigenvalue weighted by Crippen LogP contribution is 2.10. The van der Waals surface area contributed by atoms with Gasteiger partial charge in [-0.05, 0) is 25.7 Å². The number of unbranched alkanes of at least 4 members (excludes halogenated alkanes) is 4. The number of allylic oxidation sites excluding steroid dienone is 1. The maximum atomic E-state index is 10.7. The van der Waals surface area contributed by atoms with Crippen molar-refractivity contribution in [3.8, 4) is 0 Å². The Hall–Kier alpha value is -1.58. The summed E-state index contributed by atoms with van der Waals surface area (Å²) in [4.78, 5) is 21.0. The van der Waals surface area contributed by atoms with Gasteiger partial charge in [0.15, 0.2) is 0 Å². The van der Waals surface area contributed by atoms with E-state index < -0.39 is 5.97 Å². The number of carbonyl (C=O) groups is 2. The van der Waals surface area contributed by atoms with Crippen LogP contribution in [0, 0.1) is 0 Å². The second-order valence-electron chi connectivity index (χ2n) is 4.98. The largest absolute Gasteiger partial charge is 0.478 e. The second-order valence-corrected chi connectivity index (χ2v) is 4.98. The van der Waals surface area contributed by atoms with E-state index in [4.69, 9.17) is 5.11 Å². The number of hydrogen-bond donors (Lipinski definition) is 1. The second kappa shape index (κ2) is 17.5. The van der Waals surface area contributed by atoms with Gasteiger partial charge in [0, 0.05) is 11.6 Å². The number of carboxylic acid groups (broad SMARTS) is 1. The Kier molecular flexibility index (Phi) is 18.0. The van der Waals surface area contributed by atoms with E-state index >= 15 is 0 Å². The summed E-state index contributed by atoms with van der Waals surface area (Å²) >= 11 is 0. The molecule has 0 atom stereocenters. The zero-order chi connectivity index (χ0) is 17.2. The number of esters is 1. The lowest BCUT2D eigenvalue weighted by molar-refractivity contribution is -0.138. The van der Waals surface area contributed by atoms with Gasteiger partial charge < -0.3 is 9.84 Å². The van der Waals surface area contributed by atoms with Crippen LogP contribution in [0.3, 0.4) is 0 Å². The molecule has 0 radical (unpaired) electrons. The topological polar surface area (TPSA) is 63.6 Å². The van der Waals surface area contributed by atoms with Crippen molar-refractivity contribution in [1.82, 2.24) is 0 Å². The fourth-order valence-corrected chi connectivity index (χ4v) is 1.66. The van der Waals surface area contributed by atoms with E-state index in [9.17, 15) is 9.59 Å². The molecule has 0 aromatic heterocycles. The first-order chi connectivity index (χ1) is 10.5. The fraction of sp³-hybridized carbons (Fsp3) is 0.667. The van der Waals surface area contributed by atoms with E-state index in [2.05, 4.69) is 18.2 Å². The minimum absolute atomic E-state index is 0.330. The summed E-state index contributed by atoms with van der Waals surface area (Å²) in [5.74, 6) is -1.08. The van der Waals surface area contributed by atoms with Crippen LogP contribution in [0.4, 0.5) is 0 Å². The highest BCUT2D eigenvalue weighted by molar-refractivity contribution is 5.86. The Morgan fingerprint density at radius 2 is 1.68 bits per heavy atom. The number of carboxylic acids is 1. The van der Waals surface area contributed by atoms with Crippen LogP contribution in [-0.2, 0) is 14.3 Å². The van der Waals surface area contributed by atoms with Crippen molar-refractivity contribution in [1.29, 1.82) is 0 Å². The van der Waals surface area contributed by atoms with Gasteiger partial charge in [-0.1, -0.05) is 59.1 Å². The SMILES string of the molecule is C=CC(=O)OCCCC.CCC=C(CCCCCC)C(=O)O. The lowest BCUT2D eigenvalue weighted by atomic mass is 10.1. The monoisotopic (exact) mass is 312 g/mol. The predicted octanol–water partition coefficient (Wildman–Crippen LogP) is 4.89. The van der Waals surface area contributed by atoms with Crippen LogP contribution >= 0.6 is 0 Å². The van der Waals surface area contributed by atoms with Gasteiger partial charge in [-0.3, -0.25) is 0 Å². The van der Waals surface area contributed by atoms with E-state index in [-0.39, 0.29) is 5.97 Å². The molecule has 0 saturated carbocycles. The Bertz CT molecular complexity index is 332. The molecule has 0 rings (SSSR count). The van der Waals surface area contributed by atoms with Gasteiger partial charge in [-0.15, -0.1) is 0 Å². The molecule has 4 nitrogen and oxygen atoms in total. The third-order valence-corrected chi connectivity index (χ3v) is 2.93. The van der Waals surface area contributed by atoms with Crippen LogP contribution in [0.1, 0.15) is 72.1 Å².